The molecule has 0 spiro atoms. The van der Waals surface area contributed by atoms with Gasteiger partial charge in [-0.15, -0.1) is 92.8 Å². The minimum absolute atomic E-state index is 0. The van der Waals surface area contributed by atoms with Gasteiger partial charge in [0, 0.05) is 0 Å². The van der Waals surface area contributed by atoms with E-state index in [4.69, 9.17) is 170 Å². The Morgan fingerprint density at radius 3 is 0.336 bits per heavy atom. The van der Waals surface area contributed by atoms with Crippen molar-refractivity contribution in [1.29, 1.82) is 0 Å². The number of aliphatic imine (C=N–C) groups is 6. The molecule has 0 N–H and O–H groups in total. The van der Waals surface area contributed by atoms with Gasteiger partial charge in [0.05, 0.1) is 107 Å². The maximum Gasteiger partial charge on any atom is 3.00 e. The zero-order valence-corrected chi connectivity index (χ0v) is 99.9. The molecule has 0 aliphatic rings. The molecule has 0 aliphatic heterocycles. The monoisotopic (exact) mass is 2590 g/mol. The molecule has 146 heavy (non-hydrogen) atoms. The van der Waals surface area contributed by atoms with Crippen molar-refractivity contribution in [2.24, 2.45) is 30.0 Å². The molecule has 0 aliphatic carbocycles. The number of benzene rings is 12. The third kappa shape index (κ3) is 82.6. The Kier molecular flexibility index (Phi) is 100. The first-order valence-electron chi connectivity index (χ1n) is 39.8. The van der Waals surface area contributed by atoms with Crippen molar-refractivity contribution in [2.45, 2.75) is 0 Å². The number of ether oxygens (including phenoxy) is 12. The molecular weight excluding hydrogens is 2480 g/mol. The van der Waals surface area contributed by atoms with Crippen LogP contribution in [0.3, 0.4) is 0 Å². The molecule has 0 saturated heterocycles. The molecule has 12 rings (SSSR count). The fraction of sp³-hybridized carbons (Fsp3) is 0.204. The van der Waals surface area contributed by atoms with Crippen LogP contribution in [0, 0.1) is 0 Å². The van der Waals surface area contributed by atoms with E-state index in [0.717, 1.165) is 166 Å². The van der Waals surface area contributed by atoms with Crippen LogP contribution in [0.15, 0.2) is 321 Å². The summed E-state index contributed by atoms with van der Waals surface area (Å²) in [6.45, 7) is 0. The van der Waals surface area contributed by atoms with E-state index in [9.17, 15) is 25.2 Å². The van der Waals surface area contributed by atoms with Gasteiger partial charge in [-0.2, -0.15) is 28.4 Å². The number of methoxy groups -OCH3 is 12. The van der Waals surface area contributed by atoms with E-state index in [1.54, 1.807) is 85.3 Å². The van der Waals surface area contributed by atoms with Crippen molar-refractivity contribution in [3.63, 3.8) is 0 Å². The van der Waals surface area contributed by atoms with E-state index >= 15 is 0 Å². The summed E-state index contributed by atoms with van der Waals surface area (Å²) in [6.07, 6.45) is 9.19. The molecule has 28 nitrogen and oxygen atoms in total. The van der Waals surface area contributed by atoms with Crippen molar-refractivity contribution < 1.29 is 206 Å². The number of hydrogen-bond donors (Lipinski definition) is 0. The average molecular weight is 2590 g/mol. The summed E-state index contributed by atoms with van der Waals surface area (Å²) in [7, 11) is 12.0. The normalized spacial score (nSPS) is 9.90. The van der Waals surface area contributed by atoms with E-state index in [0.29, 0.717) is 0 Å². The average Bonchev–Trinajstić information content (AvgIpc) is 0.788. The summed E-state index contributed by atoms with van der Waals surface area (Å²) in [5.74, 6) is 9.73. The summed E-state index contributed by atoms with van der Waals surface area (Å²) in [5, 5.41) is 59.2. The fourth-order valence-corrected chi connectivity index (χ4v) is 8.99. The van der Waals surface area contributed by atoms with Crippen molar-refractivity contribution in [3.05, 3.63) is 323 Å². The Labute approximate surface area is 961 Å². The van der Waals surface area contributed by atoms with Gasteiger partial charge < -0.3 is 139 Å². The SMILES string of the molecule is COc1ccc(N=C[N-]c2ccc(OC)cc2)cc1.COc1ccc(N=C[N-]c2ccc(OC)cc2)cc1.COc1ccc(N=C[N-]c2ccc(OC)cc2)cc1.COc1ccc(N=C[N-]c2ccc(OC)cc2)cc1.COc1ccc(N=C[N-]c2ccc(OC)cc2)cc1.COc1ccc(N=C[N-]c2ccc(OC)cc2)cc1.C[O-].C[O-].C[O-].C[O-].ClCCl.ClCCl.ClCCl.ClCCl.F[P-](F)(F)(F)(F)F.[Mo+2].[Mo+2].[Mo+2].[Mo+3].[Zn+2]. The second kappa shape index (κ2) is 96.5. The number of rotatable bonds is 30. The second-order valence-electron chi connectivity index (χ2n) is 24.0. The maximum atomic E-state index is 9.87. The summed E-state index contributed by atoms with van der Waals surface area (Å²) in [5.41, 5.74) is 9.98. The number of alkyl halides is 8. The molecule has 12 aromatic rings. The molecule has 0 bridgehead atoms. The molecule has 0 fully saturated rings. The maximum absolute atomic E-state index is 10.7. The summed E-state index contributed by atoms with van der Waals surface area (Å²) < 4.78 is 120. The summed E-state index contributed by atoms with van der Waals surface area (Å²) in [6, 6.07) is 89.6. The molecule has 0 heterocycles. The van der Waals surface area contributed by atoms with E-state index < -0.39 is 7.81 Å². The van der Waals surface area contributed by atoms with Crippen LogP contribution in [-0.4, -0.2) is 173 Å². The van der Waals surface area contributed by atoms with Crippen molar-refractivity contribution in [1.82, 2.24) is 0 Å². The van der Waals surface area contributed by atoms with Crippen LogP contribution in [0.1, 0.15) is 0 Å². The van der Waals surface area contributed by atoms with Gasteiger partial charge in [0.15, 0.2) is 0 Å². The standard InChI is InChI=1S/6C15H15N2O2.4CH2Cl2.4CH3O.F6P.4Mo.Zn/c6*1-18-14-7-3-12(4-8-14)16-11-17-13-5-9-15(19-2)10-6-13;4*2-1-3;4*1-2;1-7(2,3,4,5)6;;;;;/h6*3-11H,1-2H3;4*1H2;4*1H3;;;;;;/q6*-1;;;;;5*-1;3*+2;+3;+2. The van der Waals surface area contributed by atoms with Crippen LogP contribution < -0.4 is 77.3 Å². The van der Waals surface area contributed by atoms with E-state index in [1.165, 1.54) is 38.0 Å². The third-order valence-electron chi connectivity index (χ3n) is 15.4. The van der Waals surface area contributed by atoms with Crippen molar-refractivity contribution in [3.8, 4) is 69.0 Å². The Bertz CT molecular complexity index is 4440. The predicted octanol–water partition coefficient (Wildman–Crippen LogP) is 29.4. The Morgan fingerprint density at radius 2 is 0.267 bits per heavy atom. The molecule has 0 unspecified atom stereocenters. The first-order chi connectivity index (χ1) is 68.0. The van der Waals surface area contributed by atoms with Gasteiger partial charge in [-0.05, 0) is 214 Å². The molecule has 0 aromatic heterocycles. The van der Waals surface area contributed by atoms with Crippen LogP contribution in [0.5, 0.6) is 69.0 Å². The minimum Gasteiger partial charge on any atom is 2.00 e. The Balaban J connectivity index is -0.000000247. The largest absolute Gasteiger partial charge is 3.00 e. The number of hydrogen-bond acceptors (Lipinski definition) is 22. The molecular formula is C98H110Cl8F6Mo4N12O16PZn. The summed E-state index contributed by atoms with van der Waals surface area (Å²) >= 11 is 38.1. The third-order valence-corrected chi connectivity index (χ3v) is 15.4. The fourth-order valence-electron chi connectivity index (χ4n) is 8.99. The van der Waals surface area contributed by atoms with Gasteiger partial charge in [-0.1, -0.05) is 184 Å². The molecule has 0 atom stereocenters. The van der Waals surface area contributed by atoms with Gasteiger partial charge >= 0.3 is 137 Å². The first kappa shape index (κ1) is 152. The first-order valence-corrected chi connectivity index (χ1v) is 46.1. The molecule has 787 valence electrons. The van der Waals surface area contributed by atoms with Gasteiger partial charge in [0.25, 0.3) is 0 Å². The zero-order chi connectivity index (χ0) is 106. The second-order valence-corrected chi connectivity index (χ2v) is 29.1. The van der Waals surface area contributed by atoms with Crippen LogP contribution in [0.4, 0.5) is 93.4 Å². The van der Waals surface area contributed by atoms with Crippen LogP contribution >= 0.6 is 101 Å². The molecule has 48 heteroatoms. The molecule has 0 saturated carbocycles. The molecule has 1 radical (unpaired) electrons. The topological polar surface area (TPSA) is 362 Å². The Morgan fingerprint density at radius 1 is 0.199 bits per heavy atom. The smallest absolute Gasteiger partial charge is 2.00 e. The van der Waals surface area contributed by atoms with E-state index in [1.807, 2.05) is 291 Å². The van der Waals surface area contributed by atoms with Gasteiger partial charge in [-0.25, -0.2) is 0 Å². The summed E-state index contributed by atoms with van der Waals surface area (Å²) in [4.78, 5) is 25.4. The number of nitrogens with zero attached hydrogens (tertiary/aromatic N) is 12. The van der Waals surface area contributed by atoms with Crippen molar-refractivity contribution >= 4 is 207 Å². The van der Waals surface area contributed by atoms with E-state index in [2.05, 4.69) is 61.9 Å². The zero-order valence-electron chi connectivity index (χ0n) is 82.0. The predicted molar refractivity (Wildman–Crippen MR) is 567 cm³/mol. The quantitative estimate of drug-likeness (QED) is 0.0101. The number of halogens is 14. The molecule has 12 aromatic carbocycles. The van der Waals surface area contributed by atoms with Gasteiger partial charge in [0.2, 0.25) is 0 Å². The van der Waals surface area contributed by atoms with Crippen molar-refractivity contribution in [2.75, 3.05) is 135 Å². The van der Waals surface area contributed by atoms with Gasteiger partial charge in [-0.3, -0.25) is 0 Å². The minimum atomic E-state index is -10.7. The van der Waals surface area contributed by atoms with Gasteiger partial charge in [0.1, 0.15) is 69.0 Å². The van der Waals surface area contributed by atoms with Crippen LogP contribution in [-0.2, 0) is 104 Å². The Hall–Kier alpha value is -9.39. The molecule has 0 amide bonds. The van der Waals surface area contributed by atoms with E-state index in [-0.39, 0.29) is 125 Å². The van der Waals surface area contributed by atoms with Crippen LogP contribution in [0.2, 0.25) is 0 Å². The van der Waals surface area contributed by atoms with Crippen LogP contribution in [0.25, 0.3) is 31.9 Å².